The quantitative estimate of drug-likeness (QED) is 0.744. The fourth-order valence-electron chi connectivity index (χ4n) is 2.63. The van der Waals surface area contributed by atoms with Crippen LogP contribution in [0.15, 0.2) is 18.2 Å². The summed E-state index contributed by atoms with van der Waals surface area (Å²) in [5, 5.41) is 3.39. The summed E-state index contributed by atoms with van der Waals surface area (Å²) >= 11 is 0. The lowest BCUT2D eigenvalue weighted by Crippen LogP contribution is -2.44. The van der Waals surface area contributed by atoms with Crippen LogP contribution in [0.25, 0.3) is 0 Å². The minimum absolute atomic E-state index is 0.121. The number of piperazine rings is 1. The molecular formula is C17H28FN3O. The highest BCUT2D eigenvalue weighted by atomic mass is 19.1. The van der Waals surface area contributed by atoms with Crippen LogP contribution in [0, 0.1) is 5.82 Å². The van der Waals surface area contributed by atoms with Crippen LogP contribution in [0.3, 0.4) is 0 Å². The number of nitrogens with one attached hydrogen (secondary N) is 1. The van der Waals surface area contributed by atoms with Gasteiger partial charge in [-0.2, -0.15) is 0 Å². The second-order valence-electron chi connectivity index (χ2n) is 5.80. The van der Waals surface area contributed by atoms with Crippen molar-refractivity contribution >= 4 is 5.69 Å². The third-order valence-electron chi connectivity index (χ3n) is 4.03. The summed E-state index contributed by atoms with van der Waals surface area (Å²) in [6, 6.07) is 5.44. The minimum Gasteiger partial charge on any atom is -0.382 e. The zero-order chi connectivity index (χ0) is 15.8. The van der Waals surface area contributed by atoms with Gasteiger partial charge in [-0.3, -0.25) is 0 Å². The molecule has 1 fully saturated rings. The lowest BCUT2D eigenvalue weighted by atomic mass is 10.1. The standard InChI is InChI=1S/C17H28FN3O/c1-3-22-12-4-7-19-14-15-5-6-16(18)17(13-15)21-10-8-20(2)9-11-21/h5-6,13,19H,3-4,7-12,14H2,1-2H3. The molecule has 0 aromatic heterocycles. The van der Waals surface area contributed by atoms with Crippen LogP contribution in [0.2, 0.25) is 0 Å². The summed E-state index contributed by atoms with van der Waals surface area (Å²) in [5.74, 6) is -0.121. The number of hydrogen-bond donors (Lipinski definition) is 1. The van der Waals surface area contributed by atoms with Gasteiger partial charge in [-0.05, 0) is 44.6 Å². The van der Waals surface area contributed by atoms with Gasteiger partial charge in [0.2, 0.25) is 0 Å². The van der Waals surface area contributed by atoms with Crippen molar-refractivity contribution in [2.45, 2.75) is 19.9 Å². The molecule has 0 atom stereocenters. The van der Waals surface area contributed by atoms with Crippen molar-refractivity contribution in [1.29, 1.82) is 0 Å². The maximum atomic E-state index is 14.1. The predicted octanol–water partition coefficient (Wildman–Crippen LogP) is 2.09. The van der Waals surface area contributed by atoms with Gasteiger partial charge in [0.05, 0.1) is 5.69 Å². The summed E-state index contributed by atoms with van der Waals surface area (Å²) in [6.07, 6.45) is 1.00. The van der Waals surface area contributed by atoms with Crippen LogP contribution in [0.1, 0.15) is 18.9 Å². The second kappa shape index (κ2) is 9.08. The van der Waals surface area contributed by atoms with Crippen molar-refractivity contribution in [3.8, 4) is 0 Å². The summed E-state index contributed by atoms with van der Waals surface area (Å²) < 4.78 is 19.4. The van der Waals surface area contributed by atoms with E-state index in [1.807, 2.05) is 19.1 Å². The molecule has 2 rings (SSSR count). The Morgan fingerprint density at radius 2 is 2.00 bits per heavy atom. The van der Waals surface area contributed by atoms with Crippen molar-refractivity contribution in [2.24, 2.45) is 0 Å². The highest BCUT2D eigenvalue weighted by Gasteiger charge is 2.17. The first-order valence-corrected chi connectivity index (χ1v) is 8.21. The molecule has 1 aromatic carbocycles. The first-order chi connectivity index (χ1) is 10.7. The molecule has 1 heterocycles. The summed E-state index contributed by atoms with van der Waals surface area (Å²) in [6.45, 7) is 9.00. The van der Waals surface area contributed by atoms with Crippen LogP contribution in [-0.4, -0.2) is 57.9 Å². The number of halogens is 1. The topological polar surface area (TPSA) is 27.7 Å². The van der Waals surface area contributed by atoms with Gasteiger partial charge in [-0.25, -0.2) is 4.39 Å². The van der Waals surface area contributed by atoms with E-state index < -0.39 is 0 Å². The SMILES string of the molecule is CCOCCCNCc1ccc(F)c(N2CCN(C)CC2)c1. The number of hydrogen-bond acceptors (Lipinski definition) is 4. The Labute approximate surface area is 133 Å². The van der Waals surface area contributed by atoms with E-state index in [1.54, 1.807) is 6.07 Å². The Balaban J connectivity index is 1.84. The fraction of sp³-hybridized carbons (Fsp3) is 0.647. The Morgan fingerprint density at radius 3 is 2.73 bits per heavy atom. The highest BCUT2D eigenvalue weighted by molar-refractivity contribution is 5.50. The van der Waals surface area contributed by atoms with Crippen LogP contribution in [0.4, 0.5) is 10.1 Å². The van der Waals surface area contributed by atoms with E-state index in [9.17, 15) is 4.39 Å². The third kappa shape index (κ3) is 5.23. The lowest BCUT2D eigenvalue weighted by Gasteiger charge is -2.34. The van der Waals surface area contributed by atoms with Gasteiger partial charge in [0.25, 0.3) is 0 Å². The van der Waals surface area contributed by atoms with Crippen molar-refractivity contribution in [3.63, 3.8) is 0 Å². The molecule has 0 aliphatic carbocycles. The van der Waals surface area contributed by atoms with Crippen LogP contribution in [-0.2, 0) is 11.3 Å². The molecule has 5 heteroatoms. The number of rotatable bonds is 8. The van der Waals surface area contributed by atoms with Gasteiger partial charge < -0.3 is 19.9 Å². The minimum atomic E-state index is -0.121. The van der Waals surface area contributed by atoms with Crippen LogP contribution >= 0.6 is 0 Å². The van der Waals surface area contributed by atoms with Gasteiger partial charge in [0.1, 0.15) is 5.82 Å². The Kier molecular flexibility index (Phi) is 7.09. The molecule has 1 saturated heterocycles. The molecule has 124 valence electrons. The average Bonchev–Trinajstić information content (AvgIpc) is 2.53. The molecule has 22 heavy (non-hydrogen) atoms. The van der Waals surface area contributed by atoms with E-state index in [1.165, 1.54) is 0 Å². The molecule has 0 unspecified atom stereocenters. The van der Waals surface area contributed by atoms with Crippen LogP contribution < -0.4 is 10.2 Å². The number of nitrogens with zero attached hydrogens (tertiary/aromatic N) is 2. The molecule has 1 aliphatic heterocycles. The molecule has 0 amide bonds. The normalized spacial score (nSPS) is 16.2. The largest absolute Gasteiger partial charge is 0.382 e. The van der Waals surface area contributed by atoms with E-state index in [4.69, 9.17) is 4.74 Å². The van der Waals surface area contributed by atoms with E-state index in [0.717, 1.165) is 70.2 Å². The number of ether oxygens (including phenoxy) is 1. The second-order valence-corrected chi connectivity index (χ2v) is 5.80. The number of anilines is 1. The zero-order valence-electron chi connectivity index (χ0n) is 13.8. The smallest absolute Gasteiger partial charge is 0.146 e. The fourth-order valence-corrected chi connectivity index (χ4v) is 2.63. The molecular weight excluding hydrogens is 281 g/mol. The molecule has 0 bridgehead atoms. The molecule has 0 saturated carbocycles. The van der Waals surface area contributed by atoms with E-state index in [0.29, 0.717) is 0 Å². The van der Waals surface area contributed by atoms with E-state index in [2.05, 4.69) is 22.2 Å². The van der Waals surface area contributed by atoms with Crippen molar-refractivity contribution in [2.75, 3.05) is 57.9 Å². The highest BCUT2D eigenvalue weighted by Crippen LogP contribution is 2.22. The van der Waals surface area contributed by atoms with Gasteiger partial charge in [-0.1, -0.05) is 6.07 Å². The molecule has 4 nitrogen and oxygen atoms in total. The predicted molar refractivity (Wildman–Crippen MR) is 88.9 cm³/mol. The summed E-state index contributed by atoms with van der Waals surface area (Å²) in [4.78, 5) is 4.42. The Bertz CT molecular complexity index is 448. The summed E-state index contributed by atoms with van der Waals surface area (Å²) in [5.41, 5.74) is 1.87. The summed E-state index contributed by atoms with van der Waals surface area (Å²) in [7, 11) is 2.11. The Hall–Kier alpha value is -1.17. The average molecular weight is 309 g/mol. The number of benzene rings is 1. The molecule has 0 radical (unpaired) electrons. The molecule has 1 N–H and O–H groups in total. The third-order valence-corrected chi connectivity index (χ3v) is 4.03. The van der Waals surface area contributed by atoms with E-state index in [-0.39, 0.29) is 5.82 Å². The van der Waals surface area contributed by atoms with Gasteiger partial charge in [0.15, 0.2) is 0 Å². The zero-order valence-corrected chi connectivity index (χ0v) is 13.8. The molecule has 1 aliphatic rings. The van der Waals surface area contributed by atoms with Gasteiger partial charge in [0, 0.05) is 45.9 Å². The van der Waals surface area contributed by atoms with Gasteiger partial charge in [-0.15, -0.1) is 0 Å². The molecule has 1 aromatic rings. The first-order valence-electron chi connectivity index (χ1n) is 8.21. The first kappa shape index (κ1) is 17.2. The van der Waals surface area contributed by atoms with E-state index >= 15 is 0 Å². The Morgan fingerprint density at radius 1 is 1.23 bits per heavy atom. The van der Waals surface area contributed by atoms with Crippen molar-refractivity contribution in [3.05, 3.63) is 29.6 Å². The van der Waals surface area contributed by atoms with Crippen LogP contribution in [0.5, 0.6) is 0 Å². The van der Waals surface area contributed by atoms with Crippen molar-refractivity contribution < 1.29 is 9.13 Å². The maximum Gasteiger partial charge on any atom is 0.146 e. The monoisotopic (exact) mass is 309 g/mol. The molecule has 0 spiro atoms. The maximum absolute atomic E-state index is 14.1. The number of likely N-dealkylation sites (N-methyl/N-ethyl adjacent to an activating group) is 1. The lowest BCUT2D eigenvalue weighted by molar-refractivity contribution is 0.144. The van der Waals surface area contributed by atoms with Crippen molar-refractivity contribution in [1.82, 2.24) is 10.2 Å². The van der Waals surface area contributed by atoms with Gasteiger partial charge >= 0.3 is 0 Å².